The molecule has 82 valence electrons. The van der Waals surface area contributed by atoms with Crippen LogP contribution in [0.5, 0.6) is 0 Å². The van der Waals surface area contributed by atoms with Gasteiger partial charge < -0.3 is 15.8 Å². The van der Waals surface area contributed by atoms with Gasteiger partial charge in [-0.15, -0.1) is 0 Å². The van der Waals surface area contributed by atoms with Gasteiger partial charge in [-0.25, -0.2) is 4.79 Å². The van der Waals surface area contributed by atoms with E-state index in [1.54, 1.807) is 19.9 Å². The van der Waals surface area contributed by atoms with Gasteiger partial charge in [0.1, 0.15) is 0 Å². The van der Waals surface area contributed by atoms with Crippen LogP contribution in [0.1, 0.15) is 19.4 Å². The van der Waals surface area contributed by atoms with E-state index >= 15 is 0 Å². The molecule has 3 N–H and O–H groups in total. The number of nitrogens with one attached hydrogen (secondary N) is 1. The van der Waals surface area contributed by atoms with Crippen LogP contribution in [0.2, 0.25) is 0 Å². The smallest absolute Gasteiger partial charge is 0.407 e. The van der Waals surface area contributed by atoms with E-state index in [0.717, 1.165) is 5.56 Å². The van der Waals surface area contributed by atoms with E-state index in [-0.39, 0.29) is 6.10 Å². The van der Waals surface area contributed by atoms with E-state index in [9.17, 15) is 4.79 Å². The minimum atomic E-state index is -0.410. The highest BCUT2D eigenvalue weighted by atomic mass is 16.6. The molecule has 0 heterocycles. The van der Waals surface area contributed by atoms with Gasteiger partial charge in [0.15, 0.2) is 0 Å². The van der Waals surface area contributed by atoms with Crippen LogP contribution in [0, 0.1) is 0 Å². The Labute approximate surface area is 89.4 Å². The Balaban J connectivity index is 2.40. The van der Waals surface area contributed by atoms with Gasteiger partial charge in [0.2, 0.25) is 0 Å². The molecule has 0 aliphatic rings. The summed E-state index contributed by atoms with van der Waals surface area (Å²) in [5.74, 6) is 0. The fourth-order valence-electron chi connectivity index (χ4n) is 1.13. The molecule has 0 saturated heterocycles. The first-order chi connectivity index (χ1) is 7.08. The van der Waals surface area contributed by atoms with E-state index in [2.05, 4.69) is 5.32 Å². The summed E-state index contributed by atoms with van der Waals surface area (Å²) in [5, 5.41) is 2.64. The van der Waals surface area contributed by atoms with Gasteiger partial charge in [0.25, 0.3) is 0 Å². The summed E-state index contributed by atoms with van der Waals surface area (Å²) >= 11 is 0. The Morgan fingerprint density at radius 3 is 2.87 bits per heavy atom. The maximum atomic E-state index is 11.1. The van der Waals surface area contributed by atoms with E-state index < -0.39 is 6.09 Å². The summed E-state index contributed by atoms with van der Waals surface area (Å²) in [6.45, 7) is 4.04. The van der Waals surface area contributed by atoms with Crippen LogP contribution >= 0.6 is 0 Å². The molecule has 15 heavy (non-hydrogen) atoms. The largest absolute Gasteiger partial charge is 0.447 e. The topological polar surface area (TPSA) is 64.3 Å². The van der Waals surface area contributed by atoms with Crippen molar-refractivity contribution in [1.82, 2.24) is 5.32 Å². The van der Waals surface area contributed by atoms with Gasteiger partial charge in [0.05, 0.1) is 6.10 Å². The van der Waals surface area contributed by atoms with E-state index in [4.69, 9.17) is 10.5 Å². The Bertz CT molecular complexity index is 337. The van der Waals surface area contributed by atoms with Crippen LogP contribution in [0.25, 0.3) is 0 Å². The number of hydrogen-bond donors (Lipinski definition) is 2. The van der Waals surface area contributed by atoms with Gasteiger partial charge in [0, 0.05) is 12.2 Å². The average molecular weight is 208 g/mol. The van der Waals surface area contributed by atoms with Crippen molar-refractivity contribution in [2.45, 2.75) is 26.5 Å². The van der Waals surface area contributed by atoms with Crippen molar-refractivity contribution in [3.8, 4) is 0 Å². The number of hydrogen-bond acceptors (Lipinski definition) is 3. The lowest BCUT2D eigenvalue weighted by Gasteiger charge is -2.09. The molecule has 1 aromatic carbocycles. The molecule has 1 amide bonds. The van der Waals surface area contributed by atoms with E-state index in [0.29, 0.717) is 12.2 Å². The Morgan fingerprint density at radius 1 is 1.53 bits per heavy atom. The molecule has 0 bridgehead atoms. The molecule has 0 spiro atoms. The first-order valence-corrected chi connectivity index (χ1v) is 4.87. The summed E-state index contributed by atoms with van der Waals surface area (Å²) in [6.07, 6.45) is -0.515. The van der Waals surface area contributed by atoms with Gasteiger partial charge in [-0.3, -0.25) is 0 Å². The fourth-order valence-corrected chi connectivity index (χ4v) is 1.13. The van der Waals surface area contributed by atoms with E-state index in [1.807, 2.05) is 18.2 Å². The molecular formula is C11H16N2O2. The third-order valence-corrected chi connectivity index (χ3v) is 1.73. The number of nitrogens with two attached hydrogens (primary N) is 1. The van der Waals surface area contributed by atoms with Crippen LogP contribution < -0.4 is 11.1 Å². The van der Waals surface area contributed by atoms with Gasteiger partial charge >= 0.3 is 6.09 Å². The van der Waals surface area contributed by atoms with Gasteiger partial charge in [-0.2, -0.15) is 0 Å². The van der Waals surface area contributed by atoms with Crippen LogP contribution in [0.3, 0.4) is 0 Å². The van der Waals surface area contributed by atoms with Crippen molar-refractivity contribution in [2.75, 3.05) is 5.73 Å². The molecule has 0 unspecified atom stereocenters. The van der Waals surface area contributed by atoms with Crippen LogP contribution in [0.4, 0.5) is 10.5 Å². The number of carbonyl (C=O) groups excluding carboxylic acids is 1. The average Bonchev–Trinajstić information content (AvgIpc) is 2.14. The zero-order valence-electron chi connectivity index (χ0n) is 8.99. The first-order valence-electron chi connectivity index (χ1n) is 4.87. The molecule has 4 heteroatoms. The van der Waals surface area contributed by atoms with Crippen molar-refractivity contribution in [3.63, 3.8) is 0 Å². The highest BCUT2D eigenvalue weighted by Crippen LogP contribution is 2.05. The molecule has 4 nitrogen and oxygen atoms in total. The highest BCUT2D eigenvalue weighted by Gasteiger charge is 2.03. The molecule has 0 aliphatic heterocycles. The summed E-state index contributed by atoms with van der Waals surface area (Å²) in [4.78, 5) is 11.1. The van der Waals surface area contributed by atoms with Gasteiger partial charge in [-0.05, 0) is 31.5 Å². The molecule has 0 saturated carbocycles. The standard InChI is InChI=1S/C11H16N2O2/c1-8(2)15-11(14)13-7-9-4-3-5-10(12)6-9/h3-6,8H,7,12H2,1-2H3,(H,13,14). The maximum Gasteiger partial charge on any atom is 0.407 e. The number of ether oxygens (including phenoxy) is 1. The molecule has 0 aromatic heterocycles. The number of amides is 1. The van der Waals surface area contributed by atoms with Crippen LogP contribution in [0.15, 0.2) is 24.3 Å². The number of rotatable bonds is 3. The summed E-state index contributed by atoms with van der Waals surface area (Å²) in [7, 11) is 0. The predicted molar refractivity (Wildman–Crippen MR) is 59.3 cm³/mol. The number of alkyl carbamates (subject to hydrolysis) is 1. The second-order valence-electron chi connectivity index (χ2n) is 3.55. The molecule has 1 aromatic rings. The SMILES string of the molecule is CC(C)OC(=O)NCc1cccc(N)c1. The quantitative estimate of drug-likeness (QED) is 0.746. The van der Waals surface area contributed by atoms with Crippen molar-refractivity contribution in [3.05, 3.63) is 29.8 Å². The van der Waals surface area contributed by atoms with Gasteiger partial charge in [-0.1, -0.05) is 12.1 Å². The Hall–Kier alpha value is -1.71. The Morgan fingerprint density at radius 2 is 2.27 bits per heavy atom. The Kier molecular flexibility index (Phi) is 3.97. The summed E-state index contributed by atoms with van der Waals surface area (Å²) < 4.78 is 4.92. The maximum absolute atomic E-state index is 11.1. The monoisotopic (exact) mass is 208 g/mol. The molecule has 1 rings (SSSR count). The van der Waals surface area contributed by atoms with Crippen LogP contribution in [-0.4, -0.2) is 12.2 Å². The number of anilines is 1. The normalized spacial score (nSPS) is 10.1. The van der Waals surface area contributed by atoms with E-state index in [1.165, 1.54) is 0 Å². The third kappa shape index (κ3) is 4.35. The second-order valence-corrected chi connectivity index (χ2v) is 3.55. The highest BCUT2D eigenvalue weighted by molar-refractivity contribution is 5.67. The van der Waals surface area contributed by atoms with Crippen LogP contribution in [-0.2, 0) is 11.3 Å². The minimum Gasteiger partial charge on any atom is -0.447 e. The second kappa shape index (κ2) is 5.24. The first kappa shape index (κ1) is 11.4. The fraction of sp³-hybridized carbons (Fsp3) is 0.364. The molecule has 0 atom stereocenters. The number of benzene rings is 1. The lowest BCUT2D eigenvalue weighted by atomic mass is 10.2. The minimum absolute atomic E-state index is 0.106. The van der Waals surface area contributed by atoms with Crippen molar-refractivity contribution in [2.24, 2.45) is 0 Å². The number of nitrogen functional groups attached to an aromatic ring is 1. The molecule has 0 fully saturated rings. The third-order valence-electron chi connectivity index (χ3n) is 1.73. The summed E-state index contributed by atoms with van der Waals surface area (Å²) in [6, 6.07) is 7.36. The van der Waals surface area contributed by atoms with Crippen molar-refractivity contribution in [1.29, 1.82) is 0 Å². The zero-order chi connectivity index (χ0) is 11.3. The van der Waals surface area contributed by atoms with Crippen molar-refractivity contribution < 1.29 is 9.53 Å². The predicted octanol–water partition coefficient (Wildman–Crippen LogP) is 1.90. The lowest BCUT2D eigenvalue weighted by Crippen LogP contribution is -2.26. The molecule has 0 radical (unpaired) electrons. The summed E-state index contributed by atoms with van der Waals surface area (Å²) in [5.41, 5.74) is 7.24. The zero-order valence-corrected chi connectivity index (χ0v) is 8.99. The van der Waals surface area contributed by atoms with Crippen molar-refractivity contribution >= 4 is 11.8 Å². The lowest BCUT2D eigenvalue weighted by molar-refractivity contribution is 0.115. The molecular weight excluding hydrogens is 192 g/mol. The molecule has 0 aliphatic carbocycles. The number of carbonyl (C=O) groups is 1.